The van der Waals surface area contributed by atoms with Crippen LogP contribution in [0.25, 0.3) is 0 Å². The fourth-order valence-corrected chi connectivity index (χ4v) is 4.69. The lowest BCUT2D eigenvalue weighted by Crippen LogP contribution is -2.47. The molecule has 0 heterocycles. The van der Waals surface area contributed by atoms with Gasteiger partial charge in [0.25, 0.3) is 0 Å². The molecule has 3 fully saturated rings. The third kappa shape index (κ3) is 5.46. The van der Waals surface area contributed by atoms with E-state index in [2.05, 4.69) is 21.9 Å². The first-order valence-corrected chi connectivity index (χ1v) is 10.1. The Bertz CT molecular complexity index is 357. The molecule has 0 aromatic rings. The molecule has 128 valence electrons. The topological polar surface area (TPSA) is 36.4 Å². The van der Waals surface area contributed by atoms with E-state index in [1.54, 1.807) is 0 Å². The lowest BCUT2D eigenvalue weighted by Gasteiger charge is -2.30. The van der Waals surface area contributed by atoms with Gasteiger partial charge in [-0.2, -0.15) is 11.8 Å². The predicted molar refractivity (Wildman–Crippen MR) is 108 cm³/mol. The van der Waals surface area contributed by atoms with Crippen LogP contribution in [-0.4, -0.2) is 37.1 Å². The summed E-state index contributed by atoms with van der Waals surface area (Å²) in [6.45, 7) is 1.13. The minimum absolute atomic E-state index is 0. The monoisotopic (exact) mass is 437 g/mol. The smallest absolute Gasteiger partial charge is 0.191 e. The van der Waals surface area contributed by atoms with Crippen molar-refractivity contribution in [3.8, 4) is 0 Å². The van der Waals surface area contributed by atoms with Crippen LogP contribution in [0.1, 0.15) is 51.4 Å². The van der Waals surface area contributed by atoms with E-state index >= 15 is 0 Å². The van der Waals surface area contributed by atoms with E-state index in [0.717, 1.165) is 35.5 Å². The maximum Gasteiger partial charge on any atom is 0.191 e. The summed E-state index contributed by atoms with van der Waals surface area (Å²) in [5.41, 5.74) is 0. The van der Waals surface area contributed by atoms with E-state index in [0.29, 0.717) is 6.04 Å². The van der Waals surface area contributed by atoms with Gasteiger partial charge in [0, 0.05) is 24.9 Å². The summed E-state index contributed by atoms with van der Waals surface area (Å²) < 4.78 is 0. The highest BCUT2D eigenvalue weighted by Crippen LogP contribution is 2.48. The molecule has 3 nitrogen and oxygen atoms in total. The molecule has 0 radical (unpaired) electrons. The summed E-state index contributed by atoms with van der Waals surface area (Å²) in [5.74, 6) is 3.97. The lowest BCUT2D eigenvalue weighted by atomic mass is 9.95. The van der Waals surface area contributed by atoms with Crippen molar-refractivity contribution in [2.24, 2.45) is 22.7 Å². The fraction of sp³-hybridized carbons (Fsp3) is 0.941. The first-order chi connectivity index (χ1) is 10.3. The van der Waals surface area contributed by atoms with Gasteiger partial charge in [0.1, 0.15) is 0 Å². The van der Waals surface area contributed by atoms with Gasteiger partial charge in [-0.05, 0) is 69.0 Å². The number of rotatable bonds is 6. The van der Waals surface area contributed by atoms with Crippen LogP contribution in [0, 0.1) is 17.8 Å². The zero-order valence-electron chi connectivity index (χ0n) is 14.0. The Morgan fingerprint density at radius 3 is 2.36 bits per heavy atom. The van der Waals surface area contributed by atoms with E-state index < -0.39 is 0 Å². The number of halogens is 1. The summed E-state index contributed by atoms with van der Waals surface area (Å²) >= 11 is 2.03. The number of nitrogens with zero attached hydrogens (tertiary/aromatic N) is 1. The molecule has 0 bridgehead atoms. The Morgan fingerprint density at radius 2 is 1.82 bits per heavy atom. The molecule has 22 heavy (non-hydrogen) atoms. The molecular weight excluding hydrogens is 405 g/mol. The first kappa shape index (κ1) is 18.7. The van der Waals surface area contributed by atoms with Crippen LogP contribution in [0.3, 0.4) is 0 Å². The van der Waals surface area contributed by atoms with Gasteiger partial charge in [-0.3, -0.25) is 4.99 Å². The summed E-state index contributed by atoms with van der Waals surface area (Å²) in [5, 5.41) is 8.13. The predicted octanol–water partition coefficient (Wildman–Crippen LogP) is 3.88. The van der Waals surface area contributed by atoms with Crippen molar-refractivity contribution < 1.29 is 0 Å². The van der Waals surface area contributed by atoms with Crippen LogP contribution in [0.15, 0.2) is 4.99 Å². The van der Waals surface area contributed by atoms with Crippen molar-refractivity contribution >= 4 is 41.7 Å². The molecule has 3 rings (SSSR count). The van der Waals surface area contributed by atoms with Crippen LogP contribution in [0.4, 0.5) is 0 Å². The number of hydrogen-bond acceptors (Lipinski definition) is 2. The van der Waals surface area contributed by atoms with Gasteiger partial charge in [-0.15, -0.1) is 24.0 Å². The second-order valence-corrected chi connectivity index (χ2v) is 8.30. The minimum atomic E-state index is 0. The average molecular weight is 437 g/mol. The summed E-state index contributed by atoms with van der Waals surface area (Å²) in [4.78, 5) is 4.45. The number of aliphatic imine (C=N–C) groups is 1. The molecule has 3 saturated carbocycles. The highest BCUT2D eigenvalue weighted by molar-refractivity contribution is 14.0. The van der Waals surface area contributed by atoms with Crippen molar-refractivity contribution in [3.63, 3.8) is 0 Å². The van der Waals surface area contributed by atoms with Gasteiger partial charge < -0.3 is 10.6 Å². The molecule has 5 heteroatoms. The van der Waals surface area contributed by atoms with Crippen molar-refractivity contribution in [2.45, 2.75) is 62.7 Å². The van der Waals surface area contributed by atoms with E-state index in [9.17, 15) is 0 Å². The lowest BCUT2D eigenvalue weighted by molar-refractivity contribution is 0.391. The Kier molecular flexibility index (Phi) is 7.64. The summed E-state index contributed by atoms with van der Waals surface area (Å²) in [6.07, 6.45) is 13.4. The standard InChI is InChI=1S/C17H31N3S.HI/c1-18-17(20-14-4-3-5-15(10-14)21-2)19-11-16(12-6-7-12)13-8-9-13;/h12-16H,3-11H2,1-2H3,(H2,18,19,20);1H. The van der Waals surface area contributed by atoms with Crippen LogP contribution in [0.5, 0.6) is 0 Å². The molecule has 3 aliphatic rings. The normalized spacial score (nSPS) is 29.1. The third-order valence-electron chi connectivity index (χ3n) is 5.48. The number of hydrogen-bond donors (Lipinski definition) is 2. The Labute approximate surface area is 157 Å². The second kappa shape index (κ2) is 9.00. The maximum atomic E-state index is 4.45. The van der Waals surface area contributed by atoms with Gasteiger partial charge in [0.05, 0.1) is 0 Å². The zero-order valence-corrected chi connectivity index (χ0v) is 17.2. The van der Waals surface area contributed by atoms with Gasteiger partial charge in [0.2, 0.25) is 0 Å². The van der Waals surface area contributed by atoms with E-state index in [1.807, 2.05) is 18.8 Å². The fourth-order valence-electron chi connectivity index (χ4n) is 3.86. The second-order valence-electron chi connectivity index (χ2n) is 7.16. The molecule has 2 atom stereocenters. The zero-order chi connectivity index (χ0) is 14.7. The van der Waals surface area contributed by atoms with Gasteiger partial charge >= 0.3 is 0 Å². The molecule has 0 spiro atoms. The molecule has 0 saturated heterocycles. The molecule has 2 N–H and O–H groups in total. The molecule has 3 aliphatic carbocycles. The Morgan fingerprint density at radius 1 is 1.14 bits per heavy atom. The van der Waals surface area contributed by atoms with Crippen molar-refractivity contribution in [1.29, 1.82) is 0 Å². The highest BCUT2D eigenvalue weighted by atomic mass is 127. The third-order valence-corrected chi connectivity index (χ3v) is 6.58. The molecule has 0 aromatic carbocycles. The van der Waals surface area contributed by atoms with Crippen LogP contribution < -0.4 is 10.6 Å². The van der Waals surface area contributed by atoms with Crippen molar-refractivity contribution in [2.75, 3.05) is 19.8 Å². The van der Waals surface area contributed by atoms with Gasteiger partial charge in [-0.1, -0.05) is 6.42 Å². The molecule has 0 aliphatic heterocycles. The Balaban J connectivity index is 0.00000176. The van der Waals surface area contributed by atoms with E-state index in [-0.39, 0.29) is 24.0 Å². The van der Waals surface area contributed by atoms with Gasteiger partial charge in [0.15, 0.2) is 5.96 Å². The van der Waals surface area contributed by atoms with E-state index in [4.69, 9.17) is 0 Å². The summed E-state index contributed by atoms with van der Waals surface area (Å²) in [7, 11) is 1.91. The SMILES string of the molecule is CN=C(NCC(C1CC1)C1CC1)NC1CCCC(SC)C1.I. The number of guanidine groups is 1. The number of nitrogens with one attached hydrogen (secondary N) is 2. The van der Waals surface area contributed by atoms with Crippen LogP contribution in [0.2, 0.25) is 0 Å². The van der Waals surface area contributed by atoms with E-state index in [1.165, 1.54) is 51.4 Å². The highest BCUT2D eigenvalue weighted by Gasteiger charge is 2.41. The summed E-state index contributed by atoms with van der Waals surface area (Å²) in [6, 6.07) is 0.614. The largest absolute Gasteiger partial charge is 0.356 e. The maximum absolute atomic E-state index is 4.45. The minimum Gasteiger partial charge on any atom is -0.356 e. The number of thioether (sulfide) groups is 1. The van der Waals surface area contributed by atoms with Crippen LogP contribution in [-0.2, 0) is 0 Å². The van der Waals surface area contributed by atoms with Crippen molar-refractivity contribution in [3.05, 3.63) is 0 Å². The molecule has 0 amide bonds. The quantitative estimate of drug-likeness (QED) is 0.376. The van der Waals surface area contributed by atoms with Gasteiger partial charge in [-0.25, -0.2) is 0 Å². The van der Waals surface area contributed by atoms with Crippen LogP contribution >= 0.6 is 35.7 Å². The molecule has 2 unspecified atom stereocenters. The molecular formula is C17H32IN3S. The first-order valence-electron chi connectivity index (χ1n) is 8.80. The average Bonchev–Trinajstić information content (AvgIpc) is 3.39. The Hall–Kier alpha value is 0.350. The molecule has 0 aromatic heterocycles. The van der Waals surface area contributed by atoms with Crippen molar-refractivity contribution in [1.82, 2.24) is 10.6 Å².